The van der Waals surface area contributed by atoms with Crippen molar-refractivity contribution in [3.63, 3.8) is 0 Å². The van der Waals surface area contributed by atoms with Crippen LogP contribution in [0.1, 0.15) is 0 Å². The van der Waals surface area contributed by atoms with Gasteiger partial charge >= 0.3 is 6.03 Å². The fraction of sp³-hybridized carbons (Fsp3) is 0.125. The Kier molecular flexibility index (Phi) is 2.97. The number of amides is 2. The Labute approximate surface area is 76.2 Å². The number of nitrogens with one attached hydrogen (secondary N) is 2. The van der Waals surface area contributed by atoms with Crippen LogP contribution in [-0.2, 0) is 0 Å². The molecule has 1 aromatic rings. The first-order valence-corrected chi connectivity index (χ1v) is 3.82. The molecule has 0 radical (unpaired) electrons. The van der Waals surface area contributed by atoms with Gasteiger partial charge in [-0.15, -0.1) is 6.58 Å². The van der Waals surface area contributed by atoms with Gasteiger partial charge in [-0.2, -0.15) is 0 Å². The molecule has 5 nitrogen and oxygen atoms in total. The molecular formula is C8H12N4O. The summed E-state index contributed by atoms with van der Waals surface area (Å²) >= 11 is 0. The summed E-state index contributed by atoms with van der Waals surface area (Å²) in [6.45, 7) is 4.18. The summed E-state index contributed by atoms with van der Waals surface area (Å²) in [5.74, 6) is 0.606. The molecule has 0 fully saturated rings. The highest BCUT2D eigenvalue weighted by molar-refractivity contribution is 5.86. The van der Waals surface area contributed by atoms with Gasteiger partial charge in [0.2, 0.25) is 0 Å². The van der Waals surface area contributed by atoms with Gasteiger partial charge in [-0.05, 0) is 12.1 Å². The van der Waals surface area contributed by atoms with E-state index in [1.807, 2.05) is 0 Å². The molecule has 0 spiro atoms. The highest BCUT2D eigenvalue weighted by atomic mass is 16.2. The topological polar surface area (TPSA) is 72.1 Å². The Balaban J connectivity index is 2.65. The van der Waals surface area contributed by atoms with Crippen LogP contribution in [0.25, 0.3) is 0 Å². The van der Waals surface area contributed by atoms with Gasteiger partial charge in [0.05, 0.1) is 0 Å². The van der Waals surface area contributed by atoms with Gasteiger partial charge in [0, 0.05) is 12.7 Å². The van der Waals surface area contributed by atoms with Crippen molar-refractivity contribution < 1.29 is 4.79 Å². The Morgan fingerprint density at radius 3 is 3.15 bits per heavy atom. The minimum atomic E-state index is -0.583. The number of carbonyl (C=O) groups excluding carboxylic acids is 1. The van der Waals surface area contributed by atoms with E-state index in [4.69, 9.17) is 5.73 Å². The van der Waals surface area contributed by atoms with Crippen molar-refractivity contribution in [3.8, 4) is 0 Å². The number of primary amides is 1. The number of nitrogens with two attached hydrogens (primary N) is 1. The van der Waals surface area contributed by atoms with Crippen LogP contribution in [0, 0.1) is 0 Å². The van der Waals surface area contributed by atoms with Crippen molar-refractivity contribution in [2.45, 2.75) is 0 Å². The van der Waals surface area contributed by atoms with Gasteiger partial charge in [-0.1, -0.05) is 6.08 Å². The number of aromatic nitrogens is 1. The van der Waals surface area contributed by atoms with Gasteiger partial charge in [0.25, 0.3) is 0 Å². The first-order valence-electron chi connectivity index (χ1n) is 3.82. The van der Waals surface area contributed by atoms with Crippen molar-refractivity contribution in [1.29, 1.82) is 0 Å². The molecule has 0 aliphatic rings. The van der Waals surface area contributed by atoms with Crippen LogP contribution in [0.4, 0.5) is 10.6 Å². The van der Waals surface area contributed by atoms with E-state index in [0.717, 1.165) is 0 Å². The second-order valence-corrected chi connectivity index (χ2v) is 2.40. The lowest BCUT2D eigenvalue weighted by Crippen LogP contribution is -2.24. The average molecular weight is 180 g/mol. The molecule has 0 bridgehead atoms. The minimum absolute atomic E-state index is 0.583. The molecule has 4 N–H and O–H groups in total. The van der Waals surface area contributed by atoms with E-state index in [9.17, 15) is 4.79 Å². The maximum absolute atomic E-state index is 10.5. The number of hydrogen-bond acceptors (Lipinski definition) is 2. The molecule has 0 atom stereocenters. The molecule has 1 rings (SSSR count). The van der Waals surface area contributed by atoms with Crippen LogP contribution in [-0.4, -0.2) is 17.3 Å². The Morgan fingerprint density at radius 2 is 2.54 bits per heavy atom. The zero-order valence-corrected chi connectivity index (χ0v) is 7.16. The van der Waals surface area contributed by atoms with Gasteiger partial charge in [0.1, 0.15) is 5.82 Å². The van der Waals surface area contributed by atoms with Crippen molar-refractivity contribution in [1.82, 2.24) is 4.68 Å². The van der Waals surface area contributed by atoms with Crippen LogP contribution < -0.4 is 16.5 Å². The lowest BCUT2D eigenvalue weighted by Gasteiger charge is -2.09. The molecular weight excluding hydrogens is 168 g/mol. The normalized spacial score (nSPS) is 9.23. The third kappa shape index (κ3) is 2.55. The minimum Gasteiger partial charge on any atom is -0.351 e. The summed E-state index contributed by atoms with van der Waals surface area (Å²) in [6.07, 6.45) is 3.49. The quantitative estimate of drug-likeness (QED) is 0.597. The fourth-order valence-corrected chi connectivity index (χ4v) is 0.910. The smallest absolute Gasteiger partial charge is 0.317 e. The van der Waals surface area contributed by atoms with Gasteiger partial charge in [0.15, 0.2) is 0 Å². The summed E-state index contributed by atoms with van der Waals surface area (Å²) in [7, 11) is 0. The third-order valence-electron chi connectivity index (χ3n) is 1.41. The van der Waals surface area contributed by atoms with Gasteiger partial charge < -0.3 is 11.2 Å². The first-order chi connectivity index (χ1) is 6.24. The summed E-state index contributed by atoms with van der Waals surface area (Å²) in [5, 5.41) is 2.47. The third-order valence-corrected chi connectivity index (χ3v) is 1.41. The predicted octanol–water partition coefficient (Wildman–Crippen LogP) is 0.708. The molecule has 0 saturated heterocycles. The zero-order valence-electron chi connectivity index (χ0n) is 7.16. The summed E-state index contributed by atoms with van der Waals surface area (Å²) in [5.41, 5.74) is 7.95. The Bertz CT molecular complexity index is 305. The number of anilines is 1. The molecule has 0 aromatic carbocycles. The molecule has 0 unspecified atom stereocenters. The highest BCUT2D eigenvalue weighted by Crippen LogP contribution is 2.05. The summed E-state index contributed by atoms with van der Waals surface area (Å²) < 4.78 is 1.66. The maximum Gasteiger partial charge on any atom is 0.317 e. The summed E-state index contributed by atoms with van der Waals surface area (Å²) in [4.78, 5) is 10.5. The SMILES string of the molecule is C=CCNn1cccc1NC(N)=O. The van der Waals surface area contributed by atoms with E-state index in [1.165, 1.54) is 0 Å². The molecule has 0 saturated carbocycles. The molecule has 2 amide bonds. The monoisotopic (exact) mass is 180 g/mol. The van der Waals surface area contributed by atoms with Crippen molar-refractivity contribution in [3.05, 3.63) is 31.0 Å². The van der Waals surface area contributed by atoms with Crippen LogP contribution in [0.2, 0.25) is 0 Å². The molecule has 1 aromatic heterocycles. The van der Waals surface area contributed by atoms with Gasteiger partial charge in [-0.25, -0.2) is 4.79 Å². The Morgan fingerprint density at radius 1 is 1.77 bits per heavy atom. The van der Waals surface area contributed by atoms with E-state index < -0.39 is 6.03 Å². The van der Waals surface area contributed by atoms with Crippen molar-refractivity contribution >= 4 is 11.8 Å². The maximum atomic E-state index is 10.5. The predicted molar refractivity (Wildman–Crippen MR) is 52.1 cm³/mol. The van der Waals surface area contributed by atoms with Crippen molar-refractivity contribution in [2.24, 2.45) is 5.73 Å². The van der Waals surface area contributed by atoms with Gasteiger partial charge in [-0.3, -0.25) is 9.99 Å². The van der Waals surface area contributed by atoms with E-state index in [-0.39, 0.29) is 0 Å². The lowest BCUT2D eigenvalue weighted by atomic mass is 10.6. The Hall–Kier alpha value is -1.91. The largest absolute Gasteiger partial charge is 0.351 e. The lowest BCUT2D eigenvalue weighted by molar-refractivity contribution is 0.259. The van der Waals surface area contributed by atoms with E-state index in [0.29, 0.717) is 12.4 Å². The van der Waals surface area contributed by atoms with Crippen LogP contribution in [0.15, 0.2) is 31.0 Å². The molecule has 70 valence electrons. The highest BCUT2D eigenvalue weighted by Gasteiger charge is 2.00. The second-order valence-electron chi connectivity index (χ2n) is 2.40. The average Bonchev–Trinajstić information content (AvgIpc) is 2.48. The molecule has 5 heteroatoms. The van der Waals surface area contributed by atoms with E-state index >= 15 is 0 Å². The second kappa shape index (κ2) is 4.20. The number of hydrogen-bond donors (Lipinski definition) is 3. The number of nitrogens with zero attached hydrogens (tertiary/aromatic N) is 1. The first kappa shape index (κ1) is 9.18. The molecule has 13 heavy (non-hydrogen) atoms. The van der Waals surface area contributed by atoms with Crippen molar-refractivity contribution in [2.75, 3.05) is 17.3 Å². The summed E-state index contributed by atoms with van der Waals surface area (Å²) in [6, 6.07) is 2.95. The number of urea groups is 1. The number of rotatable bonds is 4. The van der Waals surface area contributed by atoms with E-state index in [2.05, 4.69) is 17.3 Å². The van der Waals surface area contributed by atoms with Crippen LogP contribution >= 0.6 is 0 Å². The molecule has 0 aliphatic heterocycles. The fourth-order valence-electron chi connectivity index (χ4n) is 0.910. The molecule has 1 heterocycles. The van der Waals surface area contributed by atoms with E-state index in [1.54, 1.807) is 29.1 Å². The van der Waals surface area contributed by atoms with Crippen LogP contribution in [0.5, 0.6) is 0 Å². The standard InChI is InChI=1S/C8H12N4O/c1-2-5-10-12-6-3-4-7(12)11-8(9)13/h2-4,6,10H,1,5H2,(H3,9,11,13). The molecule has 0 aliphatic carbocycles. The van der Waals surface area contributed by atoms with Crippen LogP contribution in [0.3, 0.4) is 0 Å². The number of carbonyl (C=O) groups is 1. The zero-order chi connectivity index (χ0) is 9.68.